The van der Waals surface area contributed by atoms with Gasteiger partial charge in [-0.1, -0.05) is 6.92 Å². The van der Waals surface area contributed by atoms with E-state index in [0.717, 1.165) is 25.9 Å². The molecule has 0 atom stereocenters. The highest BCUT2D eigenvalue weighted by atomic mass is 19.4. The summed E-state index contributed by atoms with van der Waals surface area (Å²) < 4.78 is 60.8. The predicted molar refractivity (Wildman–Crippen MR) is 58.8 cm³/mol. The summed E-state index contributed by atoms with van der Waals surface area (Å²) in [5.74, 6) is -7.02. The van der Waals surface area contributed by atoms with Crippen molar-refractivity contribution in [2.24, 2.45) is 5.92 Å². The molecule has 0 unspecified atom stereocenters. The van der Waals surface area contributed by atoms with Crippen molar-refractivity contribution in [2.75, 3.05) is 26.2 Å². The molecular weight excluding hydrogens is 271 g/mol. The second-order valence-corrected chi connectivity index (χ2v) is 4.85. The van der Waals surface area contributed by atoms with Crippen LogP contribution >= 0.6 is 0 Å². The van der Waals surface area contributed by atoms with Crippen LogP contribution in [0.2, 0.25) is 0 Å². The van der Waals surface area contributed by atoms with Crippen molar-refractivity contribution in [3.05, 3.63) is 0 Å². The molecule has 0 aromatic carbocycles. The lowest BCUT2D eigenvalue weighted by Gasteiger charge is -2.30. The second-order valence-electron chi connectivity index (χ2n) is 4.85. The topological polar surface area (TPSA) is 32.3 Å². The minimum absolute atomic E-state index is 0.209. The van der Waals surface area contributed by atoms with Gasteiger partial charge in [0.1, 0.15) is 0 Å². The number of alkyl halides is 5. The fraction of sp³-hybridized carbons (Fsp3) is 0.909. The third-order valence-corrected chi connectivity index (χ3v) is 3.23. The lowest BCUT2D eigenvalue weighted by atomic mass is 9.99. The number of hydrogen-bond donors (Lipinski definition) is 1. The summed E-state index contributed by atoms with van der Waals surface area (Å²) >= 11 is 0. The highest BCUT2D eigenvalue weighted by Crippen LogP contribution is 2.35. The number of amides is 1. The molecule has 0 spiro atoms. The van der Waals surface area contributed by atoms with Gasteiger partial charge in [-0.25, -0.2) is 0 Å². The summed E-state index contributed by atoms with van der Waals surface area (Å²) in [6.45, 7) is 3.72. The van der Waals surface area contributed by atoms with Crippen molar-refractivity contribution in [3.63, 3.8) is 0 Å². The Morgan fingerprint density at radius 1 is 1.21 bits per heavy atom. The predicted octanol–water partition coefficient (Wildman–Crippen LogP) is 2.03. The van der Waals surface area contributed by atoms with Crippen LogP contribution in [0.25, 0.3) is 0 Å². The van der Waals surface area contributed by atoms with Gasteiger partial charge in [0.2, 0.25) is 0 Å². The van der Waals surface area contributed by atoms with Gasteiger partial charge in [-0.15, -0.1) is 0 Å². The van der Waals surface area contributed by atoms with Gasteiger partial charge in [-0.2, -0.15) is 22.0 Å². The molecule has 0 bridgehead atoms. The molecule has 1 heterocycles. The first-order valence-corrected chi connectivity index (χ1v) is 6.10. The third-order valence-electron chi connectivity index (χ3n) is 3.23. The quantitative estimate of drug-likeness (QED) is 0.803. The zero-order chi connectivity index (χ0) is 14.7. The first-order chi connectivity index (χ1) is 8.64. The fourth-order valence-electron chi connectivity index (χ4n) is 1.85. The van der Waals surface area contributed by atoms with Crippen molar-refractivity contribution in [1.82, 2.24) is 10.2 Å². The van der Waals surface area contributed by atoms with Crippen LogP contribution in [0, 0.1) is 5.92 Å². The Bertz CT molecular complexity index is 311. The van der Waals surface area contributed by atoms with Gasteiger partial charge in [-0.05, 0) is 31.8 Å². The lowest BCUT2D eigenvalue weighted by Crippen LogP contribution is -2.51. The number of carbonyl (C=O) groups excluding carboxylic acids is 1. The van der Waals surface area contributed by atoms with Crippen LogP contribution in [0.15, 0.2) is 0 Å². The van der Waals surface area contributed by atoms with Crippen molar-refractivity contribution >= 4 is 5.91 Å². The third kappa shape index (κ3) is 4.29. The summed E-state index contributed by atoms with van der Waals surface area (Å²) in [6.07, 6.45) is -3.92. The van der Waals surface area contributed by atoms with Crippen molar-refractivity contribution in [1.29, 1.82) is 0 Å². The standard InChI is InChI=1S/C11H17F5N2O/c1-8-2-5-18(6-3-8)7-4-17-9(19)10(12,13)11(14,15)16/h8H,2-7H2,1H3,(H,17,19). The van der Waals surface area contributed by atoms with Crippen LogP contribution in [0.1, 0.15) is 19.8 Å². The molecule has 1 saturated heterocycles. The molecule has 19 heavy (non-hydrogen) atoms. The molecule has 0 saturated carbocycles. The summed E-state index contributed by atoms with van der Waals surface area (Å²) in [6, 6.07) is 0. The molecule has 1 aliphatic heterocycles. The molecule has 0 aromatic rings. The van der Waals surface area contributed by atoms with Crippen LogP contribution in [-0.2, 0) is 4.79 Å². The molecule has 0 radical (unpaired) electrons. The number of nitrogens with one attached hydrogen (secondary N) is 1. The average Bonchev–Trinajstić information content (AvgIpc) is 2.30. The van der Waals surface area contributed by atoms with Gasteiger partial charge >= 0.3 is 12.1 Å². The van der Waals surface area contributed by atoms with Crippen molar-refractivity contribution < 1.29 is 26.7 Å². The number of rotatable bonds is 4. The Hall–Kier alpha value is -0.920. The highest BCUT2D eigenvalue weighted by molar-refractivity contribution is 5.84. The SMILES string of the molecule is CC1CCN(CCNC(=O)C(F)(F)C(F)(F)F)CC1. The van der Waals surface area contributed by atoms with Crippen LogP contribution in [0.4, 0.5) is 22.0 Å². The first kappa shape index (κ1) is 16.1. The van der Waals surface area contributed by atoms with E-state index in [2.05, 4.69) is 6.92 Å². The van der Waals surface area contributed by atoms with E-state index >= 15 is 0 Å². The van der Waals surface area contributed by atoms with Crippen LogP contribution in [-0.4, -0.2) is 49.1 Å². The van der Waals surface area contributed by atoms with Crippen molar-refractivity contribution in [3.8, 4) is 0 Å². The largest absolute Gasteiger partial charge is 0.463 e. The molecular formula is C11H17F5N2O. The molecule has 0 aromatic heterocycles. The zero-order valence-electron chi connectivity index (χ0n) is 10.6. The van der Waals surface area contributed by atoms with E-state index in [1.165, 1.54) is 0 Å². The Morgan fingerprint density at radius 2 is 1.74 bits per heavy atom. The smallest absolute Gasteiger partial charge is 0.349 e. The van der Waals surface area contributed by atoms with Gasteiger partial charge in [0.25, 0.3) is 5.91 Å². The number of hydrogen-bond acceptors (Lipinski definition) is 2. The van der Waals surface area contributed by atoms with Crippen LogP contribution in [0.5, 0.6) is 0 Å². The maximum atomic E-state index is 12.6. The van der Waals surface area contributed by atoms with Gasteiger partial charge in [0, 0.05) is 13.1 Å². The Morgan fingerprint density at radius 3 is 2.21 bits per heavy atom. The molecule has 1 N–H and O–H groups in total. The number of carbonyl (C=O) groups is 1. The van der Waals surface area contributed by atoms with E-state index < -0.39 is 18.0 Å². The molecule has 1 fully saturated rings. The van der Waals surface area contributed by atoms with E-state index in [1.54, 1.807) is 5.32 Å². The Balaban J connectivity index is 2.31. The zero-order valence-corrected chi connectivity index (χ0v) is 10.6. The molecule has 3 nitrogen and oxygen atoms in total. The van der Waals surface area contributed by atoms with Crippen LogP contribution < -0.4 is 5.32 Å². The van der Waals surface area contributed by atoms with E-state index in [9.17, 15) is 26.7 Å². The molecule has 0 aliphatic carbocycles. The highest BCUT2D eigenvalue weighted by Gasteiger charge is 2.63. The van der Waals surface area contributed by atoms with E-state index in [-0.39, 0.29) is 13.1 Å². The molecule has 1 aliphatic rings. The maximum Gasteiger partial charge on any atom is 0.463 e. The molecule has 112 valence electrons. The number of likely N-dealkylation sites (tertiary alicyclic amines) is 1. The van der Waals surface area contributed by atoms with Crippen molar-refractivity contribution in [2.45, 2.75) is 31.9 Å². The monoisotopic (exact) mass is 288 g/mol. The summed E-state index contributed by atoms with van der Waals surface area (Å²) in [4.78, 5) is 12.7. The number of halogens is 5. The Labute approximate surface area is 108 Å². The maximum absolute atomic E-state index is 12.6. The molecule has 1 amide bonds. The Kier molecular flexibility index (Phi) is 5.11. The van der Waals surface area contributed by atoms with E-state index in [1.807, 2.05) is 4.90 Å². The normalized spacial score (nSPS) is 19.5. The van der Waals surface area contributed by atoms with Crippen LogP contribution in [0.3, 0.4) is 0 Å². The summed E-state index contributed by atoms with van der Waals surface area (Å²) in [7, 11) is 0. The van der Waals surface area contributed by atoms with E-state index in [4.69, 9.17) is 0 Å². The number of piperidine rings is 1. The number of nitrogens with zero attached hydrogens (tertiary/aromatic N) is 1. The van der Waals surface area contributed by atoms with Gasteiger partial charge in [0.15, 0.2) is 0 Å². The molecule has 1 rings (SSSR count). The lowest BCUT2D eigenvalue weighted by molar-refractivity contribution is -0.269. The summed E-state index contributed by atoms with van der Waals surface area (Å²) in [5, 5.41) is 1.64. The van der Waals surface area contributed by atoms with E-state index in [0.29, 0.717) is 5.92 Å². The first-order valence-electron chi connectivity index (χ1n) is 6.10. The second kappa shape index (κ2) is 6.02. The average molecular weight is 288 g/mol. The fourth-order valence-corrected chi connectivity index (χ4v) is 1.85. The minimum Gasteiger partial charge on any atom is -0.349 e. The van der Waals surface area contributed by atoms with Gasteiger partial charge < -0.3 is 10.2 Å². The van der Waals surface area contributed by atoms with Gasteiger partial charge in [-0.3, -0.25) is 4.79 Å². The molecule has 8 heteroatoms. The van der Waals surface area contributed by atoms with Gasteiger partial charge in [0.05, 0.1) is 0 Å². The minimum atomic E-state index is -5.85. The summed E-state index contributed by atoms with van der Waals surface area (Å²) in [5.41, 5.74) is 0.